The van der Waals surface area contributed by atoms with Crippen LogP contribution in [0.1, 0.15) is 32.1 Å². The molecule has 2 N–H and O–H groups in total. The van der Waals surface area contributed by atoms with E-state index in [1.807, 2.05) is 26.0 Å². The normalized spacial score (nSPS) is 14.4. The van der Waals surface area contributed by atoms with Crippen LogP contribution in [0.4, 0.5) is 0 Å². The number of hydrogen-bond donors (Lipinski definition) is 2. The second kappa shape index (κ2) is 6.99. The zero-order valence-electron chi connectivity index (χ0n) is 10.4. The third-order valence-corrected chi connectivity index (χ3v) is 3.84. The fourth-order valence-electron chi connectivity index (χ4n) is 1.26. The summed E-state index contributed by atoms with van der Waals surface area (Å²) in [5.41, 5.74) is 0. The summed E-state index contributed by atoms with van der Waals surface area (Å²) in [6.07, 6.45) is 0.943. The Labute approximate surface area is 112 Å². The third kappa shape index (κ3) is 5.06. The average molecular weight is 275 g/mol. The van der Waals surface area contributed by atoms with E-state index >= 15 is 0 Å². The SMILES string of the molecule is CCC(C)NC(=O)C(C)NCc1ccc(Cl)s1. The van der Waals surface area contributed by atoms with Gasteiger partial charge in [0, 0.05) is 17.5 Å². The van der Waals surface area contributed by atoms with E-state index in [-0.39, 0.29) is 18.0 Å². The zero-order valence-corrected chi connectivity index (χ0v) is 12.0. The van der Waals surface area contributed by atoms with Gasteiger partial charge in [0.2, 0.25) is 5.91 Å². The molecule has 0 saturated heterocycles. The van der Waals surface area contributed by atoms with Crippen LogP contribution in [0.5, 0.6) is 0 Å². The fraction of sp³-hybridized carbons (Fsp3) is 0.583. The van der Waals surface area contributed by atoms with Crippen molar-refractivity contribution in [2.24, 2.45) is 0 Å². The molecule has 0 aliphatic heterocycles. The van der Waals surface area contributed by atoms with Gasteiger partial charge in [0.1, 0.15) is 0 Å². The lowest BCUT2D eigenvalue weighted by Gasteiger charge is -2.17. The van der Waals surface area contributed by atoms with Gasteiger partial charge in [0.05, 0.1) is 10.4 Å². The van der Waals surface area contributed by atoms with E-state index in [0.717, 1.165) is 15.6 Å². The highest BCUT2D eigenvalue weighted by Crippen LogP contribution is 2.21. The van der Waals surface area contributed by atoms with E-state index in [1.54, 1.807) is 0 Å². The lowest BCUT2D eigenvalue weighted by molar-refractivity contribution is -0.123. The molecule has 17 heavy (non-hydrogen) atoms. The van der Waals surface area contributed by atoms with E-state index in [9.17, 15) is 4.79 Å². The first-order valence-corrected chi connectivity index (χ1v) is 7.00. The van der Waals surface area contributed by atoms with Crippen molar-refractivity contribution in [1.29, 1.82) is 0 Å². The summed E-state index contributed by atoms with van der Waals surface area (Å²) in [4.78, 5) is 12.9. The van der Waals surface area contributed by atoms with Crippen LogP contribution in [0.3, 0.4) is 0 Å². The molecule has 0 spiro atoms. The van der Waals surface area contributed by atoms with Crippen molar-refractivity contribution in [3.63, 3.8) is 0 Å². The molecule has 2 atom stereocenters. The van der Waals surface area contributed by atoms with E-state index in [4.69, 9.17) is 11.6 Å². The minimum atomic E-state index is -0.190. The zero-order chi connectivity index (χ0) is 12.8. The number of amides is 1. The Morgan fingerprint density at radius 2 is 2.18 bits per heavy atom. The van der Waals surface area contributed by atoms with Gasteiger partial charge in [-0.2, -0.15) is 0 Å². The van der Waals surface area contributed by atoms with Crippen molar-refractivity contribution in [2.75, 3.05) is 0 Å². The topological polar surface area (TPSA) is 41.1 Å². The van der Waals surface area contributed by atoms with Crippen molar-refractivity contribution < 1.29 is 4.79 Å². The Hall–Kier alpha value is -0.580. The minimum absolute atomic E-state index is 0.0435. The molecule has 1 aromatic rings. The molecule has 0 aromatic carbocycles. The standard InChI is InChI=1S/C12H19ClN2OS/c1-4-8(2)15-12(16)9(3)14-7-10-5-6-11(13)17-10/h5-6,8-9,14H,4,7H2,1-3H3,(H,15,16). The van der Waals surface area contributed by atoms with Gasteiger partial charge in [-0.3, -0.25) is 4.79 Å². The van der Waals surface area contributed by atoms with Crippen molar-refractivity contribution >= 4 is 28.8 Å². The van der Waals surface area contributed by atoms with Gasteiger partial charge >= 0.3 is 0 Å². The number of carbonyl (C=O) groups is 1. The first-order chi connectivity index (χ1) is 8.02. The minimum Gasteiger partial charge on any atom is -0.352 e. The van der Waals surface area contributed by atoms with Crippen molar-refractivity contribution in [3.05, 3.63) is 21.3 Å². The molecular weight excluding hydrogens is 256 g/mol. The molecule has 1 rings (SSSR count). The molecule has 0 fully saturated rings. The summed E-state index contributed by atoms with van der Waals surface area (Å²) >= 11 is 7.37. The van der Waals surface area contributed by atoms with E-state index in [1.165, 1.54) is 11.3 Å². The van der Waals surface area contributed by atoms with Crippen molar-refractivity contribution in [3.8, 4) is 0 Å². The fourth-order valence-corrected chi connectivity index (χ4v) is 2.30. The summed E-state index contributed by atoms with van der Waals surface area (Å²) < 4.78 is 0.776. The molecule has 0 aliphatic carbocycles. The number of rotatable bonds is 6. The van der Waals surface area contributed by atoms with Gasteiger partial charge in [-0.1, -0.05) is 18.5 Å². The molecule has 2 unspecified atom stereocenters. The Bertz CT molecular complexity index is 367. The maximum atomic E-state index is 11.7. The number of hydrogen-bond acceptors (Lipinski definition) is 3. The summed E-state index contributed by atoms with van der Waals surface area (Å²) in [5.74, 6) is 0.0435. The van der Waals surface area contributed by atoms with E-state index in [0.29, 0.717) is 6.54 Å². The molecule has 0 radical (unpaired) electrons. The van der Waals surface area contributed by atoms with Crippen LogP contribution in [0.2, 0.25) is 4.34 Å². The first kappa shape index (κ1) is 14.5. The highest BCUT2D eigenvalue weighted by atomic mass is 35.5. The highest BCUT2D eigenvalue weighted by molar-refractivity contribution is 7.16. The van der Waals surface area contributed by atoms with E-state index in [2.05, 4.69) is 17.6 Å². The van der Waals surface area contributed by atoms with Crippen LogP contribution < -0.4 is 10.6 Å². The average Bonchev–Trinajstić information content (AvgIpc) is 2.71. The number of nitrogens with one attached hydrogen (secondary N) is 2. The molecule has 0 aliphatic rings. The monoisotopic (exact) mass is 274 g/mol. The quantitative estimate of drug-likeness (QED) is 0.838. The van der Waals surface area contributed by atoms with E-state index < -0.39 is 0 Å². The highest BCUT2D eigenvalue weighted by Gasteiger charge is 2.13. The second-order valence-electron chi connectivity index (χ2n) is 4.13. The third-order valence-electron chi connectivity index (χ3n) is 2.61. The second-order valence-corrected chi connectivity index (χ2v) is 5.93. The van der Waals surface area contributed by atoms with Crippen molar-refractivity contribution in [1.82, 2.24) is 10.6 Å². The molecule has 5 heteroatoms. The molecular formula is C12H19ClN2OS. The van der Waals surface area contributed by atoms with Crippen LogP contribution in [0.25, 0.3) is 0 Å². The van der Waals surface area contributed by atoms with Gasteiger partial charge in [-0.05, 0) is 32.4 Å². The maximum Gasteiger partial charge on any atom is 0.237 e. The Morgan fingerprint density at radius 3 is 2.71 bits per heavy atom. The van der Waals surface area contributed by atoms with Gasteiger partial charge in [0.15, 0.2) is 0 Å². The van der Waals surface area contributed by atoms with Crippen molar-refractivity contribution in [2.45, 2.75) is 45.8 Å². The Morgan fingerprint density at radius 1 is 1.47 bits per heavy atom. The molecule has 0 saturated carbocycles. The smallest absolute Gasteiger partial charge is 0.237 e. The lowest BCUT2D eigenvalue weighted by atomic mass is 10.2. The molecule has 0 bridgehead atoms. The van der Waals surface area contributed by atoms with Gasteiger partial charge in [-0.25, -0.2) is 0 Å². The van der Waals surface area contributed by atoms with Crippen LogP contribution in [0, 0.1) is 0 Å². The van der Waals surface area contributed by atoms with Crippen LogP contribution >= 0.6 is 22.9 Å². The number of halogens is 1. The largest absolute Gasteiger partial charge is 0.352 e. The van der Waals surface area contributed by atoms with Crippen LogP contribution in [-0.2, 0) is 11.3 Å². The molecule has 1 aromatic heterocycles. The molecule has 96 valence electrons. The maximum absolute atomic E-state index is 11.7. The first-order valence-electron chi connectivity index (χ1n) is 5.81. The van der Waals surface area contributed by atoms with Gasteiger partial charge in [-0.15, -0.1) is 11.3 Å². The lowest BCUT2D eigenvalue weighted by Crippen LogP contribution is -2.44. The summed E-state index contributed by atoms with van der Waals surface area (Å²) in [6, 6.07) is 3.87. The van der Waals surface area contributed by atoms with Crippen LogP contribution in [-0.4, -0.2) is 18.0 Å². The predicted molar refractivity (Wildman–Crippen MR) is 73.5 cm³/mol. The summed E-state index contributed by atoms with van der Waals surface area (Å²) in [7, 11) is 0. The van der Waals surface area contributed by atoms with Gasteiger partial charge < -0.3 is 10.6 Å². The molecule has 1 heterocycles. The summed E-state index contributed by atoms with van der Waals surface area (Å²) in [5, 5.41) is 6.13. The summed E-state index contributed by atoms with van der Waals surface area (Å²) in [6.45, 7) is 6.60. The Balaban J connectivity index is 2.33. The van der Waals surface area contributed by atoms with Gasteiger partial charge in [0.25, 0.3) is 0 Å². The van der Waals surface area contributed by atoms with Crippen LogP contribution in [0.15, 0.2) is 12.1 Å². The number of carbonyl (C=O) groups excluding carboxylic acids is 1. The number of thiophene rings is 1. The Kier molecular flexibility index (Phi) is 5.95. The predicted octanol–water partition coefficient (Wildman–Crippen LogP) is 2.79. The molecule has 1 amide bonds. The molecule has 3 nitrogen and oxygen atoms in total.